The number of amides is 1. The number of nitrogens with zero attached hydrogens (tertiary/aromatic N) is 3. The quantitative estimate of drug-likeness (QED) is 0.132. The van der Waals surface area contributed by atoms with Crippen molar-refractivity contribution in [2.45, 2.75) is 57.5 Å². The molecule has 10 heteroatoms. The van der Waals surface area contributed by atoms with Crippen LogP contribution in [0.5, 0.6) is 17.2 Å². The van der Waals surface area contributed by atoms with E-state index in [0.29, 0.717) is 54.3 Å². The zero-order chi connectivity index (χ0) is 38.4. The first-order valence-electron chi connectivity index (χ1n) is 19.0. The van der Waals surface area contributed by atoms with Crippen LogP contribution in [0.3, 0.4) is 0 Å². The van der Waals surface area contributed by atoms with Crippen molar-refractivity contribution in [3.05, 3.63) is 171 Å². The van der Waals surface area contributed by atoms with Crippen LogP contribution in [-0.4, -0.2) is 40.2 Å². The highest BCUT2D eigenvalue weighted by Gasteiger charge is 2.37. The summed E-state index contributed by atoms with van der Waals surface area (Å²) in [5.41, 5.74) is 8.63. The predicted octanol–water partition coefficient (Wildman–Crippen LogP) is 9.78. The Morgan fingerprint density at radius 2 is 1.64 bits per heavy atom. The normalized spacial score (nSPS) is 16.8. The van der Waals surface area contributed by atoms with Crippen molar-refractivity contribution >= 4 is 29.1 Å². The zero-order valence-corrected chi connectivity index (χ0v) is 32.5. The van der Waals surface area contributed by atoms with Crippen LogP contribution in [0.25, 0.3) is 11.1 Å². The number of carbonyl (C=O) groups excluding carboxylic acids is 1. The maximum absolute atomic E-state index is 14.1. The van der Waals surface area contributed by atoms with Gasteiger partial charge in [0.2, 0.25) is 5.91 Å². The van der Waals surface area contributed by atoms with E-state index in [-0.39, 0.29) is 24.1 Å². The smallest absolute Gasteiger partial charge is 0.237 e. The van der Waals surface area contributed by atoms with Crippen LogP contribution in [0.2, 0.25) is 10.0 Å². The van der Waals surface area contributed by atoms with Gasteiger partial charge in [0.05, 0.1) is 28.5 Å². The van der Waals surface area contributed by atoms with Gasteiger partial charge in [-0.1, -0.05) is 103 Å². The average Bonchev–Trinajstić information content (AvgIpc) is 3.24. The Bertz CT molecular complexity index is 2270. The van der Waals surface area contributed by atoms with E-state index < -0.39 is 0 Å². The van der Waals surface area contributed by atoms with E-state index in [2.05, 4.69) is 88.0 Å². The largest absolute Gasteiger partial charge is 0.489 e. The third-order valence-electron chi connectivity index (χ3n) is 10.6. The molecule has 0 aliphatic carbocycles. The van der Waals surface area contributed by atoms with Gasteiger partial charge in [-0.25, -0.2) is 0 Å². The molecule has 5 aromatic carbocycles. The minimum Gasteiger partial charge on any atom is -0.489 e. The van der Waals surface area contributed by atoms with Gasteiger partial charge in [0.15, 0.2) is 17.6 Å². The SMILES string of the molecule is CCC(c1ccccc1)N1Cc2cc3c(cc2CC1C(=O)NCCc1ccc(-c2ccnnc2)cc1)OCC(c1ccc(OCc2ccc(Cl)c(Cl)c2)cc1)O3. The molecule has 0 bridgehead atoms. The Morgan fingerprint density at radius 3 is 2.39 bits per heavy atom. The number of ether oxygens (including phenoxy) is 3. The summed E-state index contributed by atoms with van der Waals surface area (Å²) in [5, 5.41) is 12.2. The first-order chi connectivity index (χ1) is 27.4. The highest BCUT2D eigenvalue weighted by atomic mass is 35.5. The molecule has 1 amide bonds. The van der Waals surface area contributed by atoms with Gasteiger partial charge in [0.25, 0.3) is 0 Å². The zero-order valence-electron chi connectivity index (χ0n) is 31.0. The van der Waals surface area contributed by atoms with Crippen molar-refractivity contribution in [3.63, 3.8) is 0 Å². The first kappa shape index (κ1) is 37.5. The highest BCUT2D eigenvalue weighted by Crippen LogP contribution is 2.42. The second kappa shape index (κ2) is 17.2. The summed E-state index contributed by atoms with van der Waals surface area (Å²) >= 11 is 12.2. The summed E-state index contributed by atoms with van der Waals surface area (Å²) in [5.74, 6) is 2.18. The number of hydrogen-bond acceptors (Lipinski definition) is 7. The number of benzene rings is 5. The van der Waals surface area contributed by atoms with Crippen molar-refractivity contribution in [2.75, 3.05) is 13.2 Å². The molecule has 3 heterocycles. The van der Waals surface area contributed by atoms with E-state index in [1.54, 1.807) is 18.5 Å². The monoisotopic (exact) mass is 784 g/mol. The van der Waals surface area contributed by atoms with Crippen molar-refractivity contribution in [1.82, 2.24) is 20.4 Å². The van der Waals surface area contributed by atoms with Gasteiger partial charge in [0, 0.05) is 24.7 Å². The number of carbonyl (C=O) groups is 1. The highest BCUT2D eigenvalue weighted by molar-refractivity contribution is 6.42. The van der Waals surface area contributed by atoms with E-state index >= 15 is 0 Å². The molecule has 1 aromatic heterocycles. The fourth-order valence-electron chi connectivity index (χ4n) is 7.59. The lowest BCUT2D eigenvalue weighted by molar-refractivity contribution is -0.128. The molecule has 3 unspecified atom stereocenters. The Labute approximate surface area is 337 Å². The summed E-state index contributed by atoms with van der Waals surface area (Å²) in [6, 6.07) is 38.1. The molecule has 0 spiro atoms. The fourth-order valence-corrected chi connectivity index (χ4v) is 7.91. The first-order valence-corrected chi connectivity index (χ1v) is 19.7. The second-order valence-corrected chi connectivity index (χ2v) is 15.0. The molecule has 0 saturated carbocycles. The second-order valence-electron chi connectivity index (χ2n) is 14.2. The van der Waals surface area contributed by atoms with Crippen molar-refractivity contribution < 1.29 is 19.0 Å². The van der Waals surface area contributed by atoms with E-state index in [1.807, 2.05) is 48.5 Å². The van der Waals surface area contributed by atoms with Crippen molar-refractivity contribution in [2.24, 2.45) is 0 Å². The van der Waals surface area contributed by atoms with E-state index in [9.17, 15) is 4.79 Å². The minimum atomic E-state index is -0.345. The molecule has 3 atom stereocenters. The van der Waals surface area contributed by atoms with Gasteiger partial charge >= 0.3 is 0 Å². The van der Waals surface area contributed by atoms with Crippen molar-refractivity contribution in [1.29, 1.82) is 0 Å². The molecule has 56 heavy (non-hydrogen) atoms. The summed E-state index contributed by atoms with van der Waals surface area (Å²) in [7, 11) is 0. The molecule has 8 rings (SSSR count). The van der Waals surface area contributed by atoms with Crippen LogP contribution in [0.15, 0.2) is 128 Å². The van der Waals surface area contributed by atoms with Gasteiger partial charge in [-0.05, 0) is 101 Å². The number of aromatic nitrogens is 2. The number of fused-ring (bicyclic) bond motifs is 2. The van der Waals surface area contributed by atoms with Crippen LogP contribution in [0.1, 0.15) is 58.9 Å². The van der Waals surface area contributed by atoms with E-state index in [0.717, 1.165) is 57.5 Å². The molecule has 2 aliphatic rings. The third-order valence-corrected chi connectivity index (χ3v) is 11.3. The maximum atomic E-state index is 14.1. The Kier molecular flexibility index (Phi) is 11.5. The molecule has 284 valence electrons. The summed E-state index contributed by atoms with van der Waals surface area (Å²) < 4.78 is 18.9. The lowest BCUT2D eigenvalue weighted by Gasteiger charge is -2.41. The number of halogens is 2. The molecule has 2 aliphatic heterocycles. The number of nitrogens with one attached hydrogen (secondary N) is 1. The average molecular weight is 786 g/mol. The fraction of sp³-hybridized carbons (Fsp3) is 0.239. The Balaban J connectivity index is 0.954. The van der Waals surface area contributed by atoms with Gasteiger partial charge in [-0.3, -0.25) is 9.69 Å². The summed E-state index contributed by atoms with van der Waals surface area (Å²) in [4.78, 5) is 16.5. The van der Waals surface area contributed by atoms with Crippen LogP contribution in [0.4, 0.5) is 0 Å². The molecule has 6 aromatic rings. The third kappa shape index (κ3) is 8.53. The molecule has 8 nitrogen and oxygen atoms in total. The topological polar surface area (TPSA) is 85.8 Å². The van der Waals surface area contributed by atoms with Gasteiger partial charge in [-0.15, -0.1) is 0 Å². The predicted molar refractivity (Wildman–Crippen MR) is 219 cm³/mol. The molecule has 0 fully saturated rings. The Morgan fingerprint density at radius 1 is 0.857 bits per heavy atom. The number of hydrogen-bond donors (Lipinski definition) is 1. The van der Waals surface area contributed by atoms with Crippen LogP contribution in [-0.2, 0) is 30.8 Å². The van der Waals surface area contributed by atoms with Gasteiger partial charge in [-0.2, -0.15) is 10.2 Å². The lowest BCUT2D eigenvalue weighted by Crippen LogP contribution is -2.51. The maximum Gasteiger partial charge on any atom is 0.237 e. The van der Waals surface area contributed by atoms with E-state index in [4.69, 9.17) is 37.4 Å². The molecule has 0 radical (unpaired) electrons. The van der Waals surface area contributed by atoms with Crippen LogP contribution in [0, 0.1) is 0 Å². The lowest BCUT2D eigenvalue weighted by atomic mass is 9.89. The molecule has 1 N–H and O–H groups in total. The van der Waals surface area contributed by atoms with Gasteiger partial charge < -0.3 is 19.5 Å². The van der Waals surface area contributed by atoms with Crippen LogP contribution < -0.4 is 19.5 Å². The Hall–Kier alpha value is -5.41. The van der Waals surface area contributed by atoms with E-state index in [1.165, 1.54) is 5.56 Å². The molecule has 0 saturated heterocycles. The summed E-state index contributed by atoms with van der Waals surface area (Å²) in [6.07, 6.45) is 5.34. The number of rotatable bonds is 12. The minimum absolute atomic E-state index is 0.0313. The van der Waals surface area contributed by atoms with Crippen LogP contribution >= 0.6 is 23.2 Å². The molecular weight excluding hydrogens is 743 g/mol. The summed E-state index contributed by atoms with van der Waals surface area (Å²) in [6.45, 7) is 4.09. The van der Waals surface area contributed by atoms with Crippen molar-refractivity contribution in [3.8, 4) is 28.4 Å². The van der Waals surface area contributed by atoms with Gasteiger partial charge in [0.1, 0.15) is 19.0 Å². The standard InChI is InChI=1S/C46H42Cl2N4O4/c1-2-41(33-6-4-3-5-7-33)52-27-37-25-44-43(55-29-45(56-44)34-13-15-38(16-14-34)54-28-31-10-17-39(47)40(48)22-31)24-36(37)23-42(52)46(53)49-20-18-30-8-11-32(12-9-30)35-19-21-50-51-26-35/h3-17,19,21-22,24-26,41-42,45H,2,18,20,23,27-29H2,1H3,(H,49,53). The molecular formula is C46H42Cl2N4O4.